The molecular weight excluding hydrogens is 841 g/mol. The lowest BCUT2D eigenvalue weighted by molar-refractivity contribution is 0.100. The van der Waals surface area contributed by atoms with Crippen molar-refractivity contribution < 1.29 is 43.5 Å². The molecule has 0 bridgehead atoms. The molecule has 0 spiro atoms. The topological polar surface area (TPSA) is 129 Å². The van der Waals surface area contributed by atoms with Crippen LogP contribution in [0.2, 0.25) is 0 Å². The number of phenols is 2. The number of carbonyl (C=O) groups is 3. The zero-order valence-corrected chi connectivity index (χ0v) is 36.9. The van der Waals surface area contributed by atoms with E-state index in [0.29, 0.717) is 43.5 Å². The van der Waals surface area contributed by atoms with Crippen LogP contribution in [-0.2, 0) is 26.4 Å². The van der Waals surface area contributed by atoms with E-state index in [2.05, 4.69) is 0 Å². The summed E-state index contributed by atoms with van der Waals surface area (Å²) in [6, 6.07) is 63.4. The second-order valence-electron chi connectivity index (χ2n) is 14.9. The van der Waals surface area contributed by atoms with Crippen LogP contribution in [0.4, 0.5) is 0 Å². The first-order chi connectivity index (χ1) is 32.7. The Balaban J connectivity index is 0.000000183. The average Bonchev–Trinajstić information content (AvgIpc) is 3.37. The van der Waals surface area contributed by atoms with Crippen LogP contribution in [0, 0.1) is 0 Å². The number of phenolic OH excluding ortho intramolecular Hbond substituents is 2. The van der Waals surface area contributed by atoms with Gasteiger partial charge in [-0.1, -0.05) is 152 Å². The van der Waals surface area contributed by atoms with Crippen molar-refractivity contribution in [1.29, 1.82) is 0 Å². The molecule has 9 nitrogen and oxygen atoms in total. The third-order valence-electron chi connectivity index (χ3n) is 9.90. The number of Topliss-reactive ketones (excluding diaryl/α,β-unsaturated/α-hetero) is 1. The van der Waals surface area contributed by atoms with Crippen LogP contribution in [0.3, 0.4) is 0 Å². The molecule has 0 aliphatic heterocycles. The first-order valence-electron chi connectivity index (χ1n) is 21.4. The summed E-state index contributed by atoms with van der Waals surface area (Å²) < 4.78 is 22.8. The fourth-order valence-electron chi connectivity index (χ4n) is 6.41. The van der Waals surface area contributed by atoms with Gasteiger partial charge in [-0.25, -0.2) is 0 Å². The number of benzene rings is 8. The molecule has 8 aromatic rings. The van der Waals surface area contributed by atoms with Crippen molar-refractivity contribution in [3.8, 4) is 34.5 Å². The number of allylic oxidation sites excluding steroid dienone is 1. The van der Waals surface area contributed by atoms with Crippen LogP contribution in [-0.4, -0.2) is 28.1 Å². The third kappa shape index (κ3) is 15.5. The Hall–Kier alpha value is -8.69. The molecule has 8 aromatic carbocycles. The van der Waals surface area contributed by atoms with Gasteiger partial charge in [0.1, 0.15) is 78.3 Å². The zero-order valence-electron chi connectivity index (χ0n) is 36.9. The van der Waals surface area contributed by atoms with E-state index in [1.807, 2.05) is 146 Å². The summed E-state index contributed by atoms with van der Waals surface area (Å²) in [4.78, 5) is 34.8. The highest BCUT2D eigenvalue weighted by Gasteiger charge is 2.16. The average molecular weight is 891 g/mol. The van der Waals surface area contributed by atoms with Gasteiger partial charge < -0.3 is 29.2 Å². The van der Waals surface area contributed by atoms with Gasteiger partial charge in [0.15, 0.2) is 11.6 Å². The zero-order chi connectivity index (χ0) is 47.1. The quantitative estimate of drug-likeness (QED) is 0.0521. The number of carbonyl (C=O) groups excluding carboxylic acids is 3. The molecule has 0 aromatic heterocycles. The summed E-state index contributed by atoms with van der Waals surface area (Å²) in [5, 5.41) is 20.0. The predicted octanol–water partition coefficient (Wildman–Crippen LogP) is 12.7. The van der Waals surface area contributed by atoms with Crippen LogP contribution in [0.1, 0.15) is 65.8 Å². The number of ketones is 2. The minimum absolute atomic E-state index is 0.0481. The number of hydrogen-bond donors (Lipinski definition) is 2. The van der Waals surface area contributed by atoms with Gasteiger partial charge in [0.25, 0.3) is 0 Å². The Morgan fingerprint density at radius 3 is 1.16 bits per heavy atom. The highest BCUT2D eigenvalue weighted by Crippen LogP contribution is 2.30. The van der Waals surface area contributed by atoms with E-state index in [1.165, 1.54) is 25.1 Å². The summed E-state index contributed by atoms with van der Waals surface area (Å²) in [5.74, 6) is 1.57. The van der Waals surface area contributed by atoms with Gasteiger partial charge in [-0.15, -0.1) is 0 Å². The highest BCUT2D eigenvalue weighted by molar-refractivity contribution is 6.10. The van der Waals surface area contributed by atoms with Crippen molar-refractivity contribution in [2.75, 3.05) is 0 Å². The maximum absolute atomic E-state index is 12.8. The van der Waals surface area contributed by atoms with E-state index in [1.54, 1.807) is 54.6 Å². The lowest BCUT2D eigenvalue weighted by Crippen LogP contribution is -2.03. The number of rotatable bonds is 17. The molecule has 0 radical (unpaired) electrons. The van der Waals surface area contributed by atoms with E-state index >= 15 is 0 Å². The van der Waals surface area contributed by atoms with E-state index in [-0.39, 0.29) is 34.2 Å². The van der Waals surface area contributed by atoms with Gasteiger partial charge in [0.05, 0.1) is 0 Å². The van der Waals surface area contributed by atoms with Crippen LogP contribution in [0.5, 0.6) is 34.5 Å². The Labute approximate surface area is 390 Å². The predicted molar refractivity (Wildman–Crippen MR) is 261 cm³/mol. The maximum atomic E-state index is 12.8. The van der Waals surface area contributed by atoms with Gasteiger partial charge in [-0.2, -0.15) is 0 Å². The molecule has 0 fully saturated rings. The molecule has 0 aliphatic carbocycles. The summed E-state index contributed by atoms with van der Waals surface area (Å²) in [6.07, 6.45) is 3.96. The smallest absolute Gasteiger partial charge is 0.193 e. The Morgan fingerprint density at radius 1 is 0.418 bits per heavy atom. The van der Waals surface area contributed by atoms with Gasteiger partial charge >= 0.3 is 0 Å². The molecule has 336 valence electrons. The Morgan fingerprint density at radius 2 is 0.776 bits per heavy atom. The van der Waals surface area contributed by atoms with Gasteiger partial charge in [0.2, 0.25) is 0 Å². The van der Waals surface area contributed by atoms with Crippen LogP contribution in [0.25, 0.3) is 6.08 Å². The largest absolute Gasteiger partial charge is 0.507 e. The molecule has 9 heteroatoms. The molecule has 0 atom stereocenters. The SMILES string of the molecule is CC(=O)c1c(O)cccc1OCc1ccccc1.O=C(/C=C/c1ccc(OCc2ccccc2)cc1)c1c(O)cccc1OCc1ccccc1.O=Cc1ccc(OCc2ccccc2)cc1. The third-order valence-corrected chi connectivity index (χ3v) is 9.90. The second kappa shape index (κ2) is 25.6. The molecule has 2 N–H and O–H groups in total. The van der Waals surface area contributed by atoms with Crippen LogP contribution < -0.4 is 18.9 Å². The molecule has 0 amide bonds. The van der Waals surface area contributed by atoms with Crippen molar-refractivity contribution in [1.82, 2.24) is 0 Å². The van der Waals surface area contributed by atoms with Crippen molar-refractivity contribution in [3.05, 3.63) is 257 Å². The van der Waals surface area contributed by atoms with E-state index < -0.39 is 0 Å². The van der Waals surface area contributed by atoms with E-state index in [9.17, 15) is 24.6 Å². The van der Waals surface area contributed by atoms with Gasteiger partial charge in [-0.05, 0) is 101 Å². The summed E-state index contributed by atoms with van der Waals surface area (Å²) in [5.41, 5.74) is 6.09. The molecular formula is C58H50O9. The Kier molecular flexibility index (Phi) is 18.2. The first-order valence-corrected chi connectivity index (χ1v) is 21.4. The molecule has 0 saturated heterocycles. The Bertz CT molecular complexity index is 2790. The monoisotopic (exact) mass is 890 g/mol. The highest BCUT2D eigenvalue weighted by atomic mass is 16.5. The van der Waals surface area contributed by atoms with Gasteiger partial charge in [-0.3, -0.25) is 14.4 Å². The summed E-state index contributed by atoms with van der Waals surface area (Å²) in [7, 11) is 0. The van der Waals surface area contributed by atoms with Gasteiger partial charge in [0, 0.05) is 5.56 Å². The number of aromatic hydroxyl groups is 2. The lowest BCUT2D eigenvalue weighted by Gasteiger charge is -2.11. The molecule has 0 saturated carbocycles. The molecule has 0 heterocycles. The minimum Gasteiger partial charge on any atom is -0.507 e. The maximum Gasteiger partial charge on any atom is 0.193 e. The molecule has 0 aliphatic rings. The summed E-state index contributed by atoms with van der Waals surface area (Å²) in [6.45, 7) is 3.11. The molecule has 8 rings (SSSR count). The number of ether oxygens (including phenoxy) is 4. The van der Waals surface area contributed by atoms with E-state index in [0.717, 1.165) is 45.6 Å². The van der Waals surface area contributed by atoms with Crippen molar-refractivity contribution in [2.45, 2.75) is 33.4 Å². The van der Waals surface area contributed by atoms with Crippen LogP contribution >= 0.6 is 0 Å². The standard InChI is InChI=1S/C29H24O4.C15H14O3.C14H12O2/c30-26-12-7-13-28(33-21-24-10-5-2-6-11-24)29(26)27(31)19-16-22-14-17-25(18-15-22)32-20-23-8-3-1-4-9-23;1-11(16)15-13(17)8-5-9-14(15)18-10-12-6-3-2-4-7-12;15-10-12-6-8-14(9-7-12)16-11-13-4-2-1-3-5-13/h1-19,30H,20-21H2;2-9,17H,10H2,1H3;1-10H,11H2/b19-16+;;. The lowest BCUT2D eigenvalue weighted by atomic mass is 10.1. The van der Waals surface area contributed by atoms with E-state index in [4.69, 9.17) is 18.9 Å². The second-order valence-corrected chi connectivity index (χ2v) is 14.9. The fraction of sp³-hybridized carbons (Fsp3) is 0.0862. The minimum atomic E-state index is -0.333. The van der Waals surface area contributed by atoms with Crippen molar-refractivity contribution >= 4 is 23.9 Å². The summed E-state index contributed by atoms with van der Waals surface area (Å²) >= 11 is 0. The number of aldehydes is 1. The molecule has 0 unspecified atom stereocenters. The number of hydrogen-bond acceptors (Lipinski definition) is 9. The first kappa shape index (κ1) is 47.8. The van der Waals surface area contributed by atoms with Crippen molar-refractivity contribution in [2.24, 2.45) is 0 Å². The van der Waals surface area contributed by atoms with Crippen LogP contribution in [0.15, 0.2) is 212 Å². The normalized spacial score (nSPS) is 10.3. The molecule has 67 heavy (non-hydrogen) atoms. The van der Waals surface area contributed by atoms with Crippen molar-refractivity contribution in [3.63, 3.8) is 0 Å². The fourth-order valence-corrected chi connectivity index (χ4v) is 6.41.